The van der Waals surface area contributed by atoms with Crippen molar-refractivity contribution in [1.82, 2.24) is 0 Å². The molecule has 2 amide bonds. The number of amides is 2. The van der Waals surface area contributed by atoms with E-state index in [0.29, 0.717) is 12.2 Å². The molecule has 0 atom stereocenters. The first-order valence-corrected chi connectivity index (χ1v) is 8.67. The maximum Gasteiger partial charge on any atom is 0.242 e. The van der Waals surface area contributed by atoms with Gasteiger partial charge in [-0.3, -0.25) is 9.59 Å². The number of rotatable bonds is 3. The number of benzene rings is 2. The monoisotopic (exact) mass is 336 g/mol. The number of nitrogens with one attached hydrogen (secondary N) is 1. The Bertz CT molecular complexity index is 794. The first-order valence-electron chi connectivity index (χ1n) is 8.67. The summed E-state index contributed by atoms with van der Waals surface area (Å²) in [6.45, 7) is 6.02. The zero-order valence-electron chi connectivity index (χ0n) is 15.0. The molecule has 4 heteroatoms. The third kappa shape index (κ3) is 3.43. The molecule has 0 saturated heterocycles. The van der Waals surface area contributed by atoms with Crippen molar-refractivity contribution in [2.45, 2.75) is 33.6 Å². The highest BCUT2D eigenvalue weighted by Gasteiger charge is 2.40. The average Bonchev–Trinajstić information content (AvgIpc) is 2.62. The van der Waals surface area contributed by atoms with Gasteiger partial charge in [-0.05, 0) is 57.4 Å². The molecule has 1 aliphatic heterocycles. The standard InChI is InChI=1S/C21H24N2O2/c1-15-10-12-17(13-11-15)22-19(24)21(2,3)20(25)23-14-6-8-16-7-4-5-9-18(16)23/h4-5,7,9-13H,6,8,14H2,1-3H3,(H,22,24). The summed E-state index contributed by atoms with van der Waals surface area (Å²) in [6, 6.07) is 15.5. The number of hydrogen-bond donors (Lipinski definition) is 1. The van der Waals surface area contributed by atoms with Crippen LogP contribution in [0.1, 0.15) is 31.4 Å². The summed E-state index contributed by atoms with van der Waals surface area (Å²) in [5, 5.41) is 2.87. The number of carbonyl (C=O) groups is 2. The number of nitrogens with zero attached hydrogens (tertiary/aromatic N) is 1. The van der Waals surface area contributed by atoms with E-state index >= 15 is 0 Å². The molecule has 25 heavy (non-hydrogen) atoms. The van der Waals surface area contributed by atoms with E-state index in [2.05, 4.69) is 5.32 Å². The molecule has 2 aromatic carbocycles. The van der Waals surface area contributed by atoms with Gasteiger partial charge in [0, 0.05) is 17.9 Å². The maximum absolute atomic E-state index is 13.1. The fraction of sp³-hybridized carbons (Fsp3) is 0.333. The molecular weight excluding hydrogens is 312 g/mol. The molecule has 1 heterocycles. The van der Waals surface area contributed by atoms with Gasteiger partial charge in [-0.15, -0.1) is 0 Å². The molecule has 0 spiro atoms. The van der Waals surface area contributed by atoms with Crippen LogP contribution in [-0.2, 0) is 16.0 Å². The van der Waals surface area contributed by atoms with E-state index in [-0.39, 0.29) is 11.8 Å². The highest BCUT2D eigenvalue weighted by molar-refractivity contribution is 6.15. The predicted molar refractivity (Wildman–Crippen MR) is 101 cm³/mol. The molecule has 0 aliphatic carbocycles. The van der Waals surface area contributed by atoms with Gasteiger partial charge >= 0.3 is 0 Å². The van der Waals surface area contributed by atoms with E-state index < -0.39 is 5.41 Å². The summed E-state index contributed by atoms with van der Waals surface area (Å²) in [6.07, 6.45) is 1.88. The van der Waals surface area contributed by atoms with E-state index in [1.165, 1.54) is 0 Å². The second-order valence-corrected chi connectivity index (χ2v) is 7.13. The Kier molecular flexibility index (Phi) is 4.62. The van der Waals surface area contributed by atoms with Gasteiger partial charge in [-0.25, -0.2) is 0 Å². The van der Waals surface area contributed by atoms with Crippen LogP contribution in [0.4, 0.5) is 11.4 Å². The summed E-state index contributed by atoms with van der Waals surface area (Å²) in [4.78, 5) is 27.6. The quantitative estimate of drug-likeness (QED) is 0.863. The van der Waals surface area contributed by atoms with Crippen molar-refractivity contribution in [3.05, 3.63) is 59.7 Å². The lowest BCUT2D eigenvalue weighted by Crippen LogP contribution is -2.49. The van der Waals surface area contributed by atoms with Crippen molar-refractivity contribution < 1.29 is 9.59 Å². The Labute approximate surface area is 148 Å². The van der Waals surface area contributed by atoms with Gasteiger partial charge in [0.05, 0.1) is 0 Å². The Morgan fingerprint density at radius 1 is 1.04 bits per heavy atom. The number of anilines is 2. The number of para-hydroxylation sites is 1. The van der Waals surface area contributed by atoms with Crippen LogP contribution in [0.3, 0.4) is 0 Å². The number of hydrogen-bond acceptors (Lipinski definition) is 2. The van der Waals surface area contributed by atoms with E-state index in [4.69, 9.17) is 0 Å². The molecule has 3 rings (SSSR count). The lowest BCUT2D eigenvalue weighted by molar-refractivity contribution is -0.136. The Morgan fingerprint density at radius 3 is 2.44 bits per heavy atom. The van der Waals surface area contributed by atoms with Gasteiger partial charge in [-0.2, -0.15) is 0 Å². The molecule has 0 bridgehead atoms. The molecular formula is C21H24N2O2. The number of carbonyl (C=O) groups excluding carboxylic acids is 2. The van der Waals surface area contributed by atoms with Crippen molar-refractivity contribution >= 4 is 23.2 Å². The van der Waals surface area contributed by atoms with Gasteiger partial charge in [0.1, 0.15) is 5.41 Å². The van der Waals surface area contributed by atoms with E-state index in [0.717, 1.165) is 29.7 Å². The predicted octanol–water partition coefficient (Wildman–Crippen LogP) is 3.94. The Balaban J connectivity index is 1.81. The smallest absolute Gasteiger partial charge is 0.242 e. The van der Waals surface area contributed by atoms with Crippen LogP contribution < -0.4 is 10.2 Å². The molecule has 4 nitrogen and oxygen atoms in total. The van der Waals surface area contributed by atoms with Crippen LogP contribution in [0.5, 0.6) is 0 Å². The van der Waals surface area contributed by atoms with Crippen molar-refractivity contribution in [1.29, 1.82) is 0 Å². The van der Waals surface area contributed by atoms with Crippen molar-refractivity contribution in [3.63, 3.8) is 0 Å². The van der Waals surface area contributed by atoms with Gasteiger partial charge in [-0.1, -0.05) is 35.9 Å². The Hall–Kier alpha value is -2.62. The SMILES string of the molecule is Cc1ccc(NC(=O)C(C)(C)C(=O)N2CCCc3ccccc32)cc1. The minimum absolute atomic E-state index is 0.163. The fourth-order valence-corrected chi connectivity index (χ4v) is 3.10. The van der Waals surface area contributed by atoms with Crippen LogP contribution in [-0.4, -0.2) is 18.4 Å². The lowest BCUT2D eigenvalue weighted by Gasteiger charge is -2.35. The average molecular weight is 336 g/mol. The second kappa shape index (κ2) is 6.71. The van der Waals surface area contributed by atoms with Crippen LogP contribution >= 0.6 is 0 Å². The van der Waals surface area contributed by atoms with Crippen LogP contribution in [0.2, 0.25) is 0 Å². The van der Waals surface area contributed by atoms with Crippen molar-refractivity contribution in [2.75, 3.05) is 16.8 Å². The summed E-state index contributed by atoms with van der Waals surface area (Å²) in [7, 11) is 0. The van der Waals surface area contributed by atoms with E-state index in [1.54, 1.807) is 18.7 Å². The Morgan fingerprint density at radius 2 is 1.72 bits per heavy atom. The number of fused-ring (bicyclic) bond motifs is 1. The lowest BCUT2D eigenvalue weighted by atomic mass is 9.88. The molecule has 0 radical (unpaired) electrons. The zero-order chi connectivity index (χ0) is 18.0. The fourth-order valence-electron chi connectivity index (χ4n) is 3.10. The van der Waals surface area contributed by atoms with E-state index in [1.807, 2.05) is 55.5 Å². The zero-order valence-corrected chi connectivity index (χ0v) is 15.0. The van der Waals surface area contributed by atoms with Crippen molar-refractivity contribution in [2.24, 2.45) is 5.41 Å². The minimum atomic E-state index is -1.14. The highest BCUT2D eigenvalue weighted by Crippen LogP contribution is 2.31. The van der Waals surface area contributed by atoms with Gasteiger partial charge in [0.25, 0.3) is 0 Å². The summed E-state index contributed by atoms with van der Waals surface area (Å²) >= 11 is 0. The van der Waals surface area contributed by atoms with E-state index in [9.17, 15) is 9.59 Å². The van der Waals surface area contributed by atoms with Crippen LogP contribution in [0.25, 0.3) is 0 Å². The topological polar surface area (TPSA) is 49.4 Å². The van der Waals surface area contributed by atoms with Gasteiger partial charge in [0.2, 0.25) is 11.8 Å². The summed E-state index contributed by atoms with van der Waals surface area (Å²) in [5.74, 6) is -0.450. The minimum Gasteiger partial charge on any atom is -0.325 e. The largest absolute Gasteiger partial charge is 0.325 e. The molecule has 1 aliphatic rings. The molecule has 1 N–H and O–H groups in total. The summed E-state index contributed by atoms with van der Waals surface area (Å²) < 4.78 is 0. The highest BCUT2D eigenvalue weighted by atomic mass is 16.2. The van der Waals surface area contributed by atoms with Crippen LogP contribution in [0, 0.1) is 12.3 Å². The van der Waals surface area contributed by atoms with Gasteiger partial charge in [0.15, 0.2) is 0 Å². The normalized spacial score (nSPS) is 14.0. The molecule has 0 aromatic heterocycles. The summed E-state index contributed by atoms with van der Waals surface area (Å²) in [5.41, 5.74) is 2.77. The van der Waals surface area contributed by atoms with Crippen LogP contribution in [0.15, 0.2) is 48.5 Å². The maximum atomic E-state index is 13.1. The second-order valence-electron chi connectivity index (χ2n) is 7.13. The third-order valence-corrected chi connectivity index (χ3v) is 4.77. The first kappa shape index (κ1) is 17.2. The molecule has 130 valence electrons. The molecule has 0 unspecified atom stereocenters. The van der Waals surface area contributed by atoms with Gasteiger partial charge < -0.3 is 10.2 Å². The molecule has 0 saturated carbocycles. The molecule has 2 aromatic rings. The third-order valence-electron chi connectivity index (χ3n) is 4.77. The number of aryl methyl sites for hydroxylation is 2. The first-order chi connectivity index (χ1) is 11.9. The van der Waals surface area contributed by atoms with Crippen molar-refractivity contribution in [3.8, 4) is 0 Å². The molecule has 0 fully saturated rings.